The number of imidazole rings is 1. The van der Waals surface area contributed by atoms with Crippen LogP contribution in [-0.4, -0.2) is 49.9 Å². The molecule has 0 saturated heterocycles. The molecule has 0 aliphatic carbocycles. The first kappa shape index (κ1) is 23.1. The van der Waals surface area contributed by atoms with Crippen molar-refractivity contribution in [1.82, 2.24) is 19.5 Å². The average molecular weight is 451 g/mol. The Hall–Kier alpha value is -2.56. The van der Waals surface area contributed by atoms with Gasteiger partial charge in [-0.25, -0.2) is 4.98 Å². The molecule has 3 aromatic rings. The molecule has 1 aromatic carbocycles. The SMILES string of the molecule is CCOP(=O)(O)CCC(COCc1ccccc1)OCn1cnc2c(=O)[nH]c(N)nc21. The summed E-state index contributed by atoms with van der Waals surface area (Å²) in [6.07, 6.45) is 1.09. The Bertz CT molecular complexity index is 1090. The number of anilines is 1. The van der Waals surface area contributed by atoms with Crippen molar-refractivity contribution in [3.05, 3.63) is 52.6 Å². The predicted molar refractivity (Wildman–Crippen MR) is 114 cm³/mol. The van der Waals surface area contributed by atoms with Crippen LogP contribution in [0.1, 0.15) is 18.9 Å². The minimum atomic E-state index is -3.70. The van der Waals surface area contributed by atoms with Gasteiger partial charge in [-0.05, 0) is 18.9 Å². The number of H-pyrrole nitrogens is 1. The summed E-state index contributed by atoms with van der Waals surface area (Å²) in [5.74, 6) is -0.0278. The van der Waals surface area contributed by atoms with E-state index in [-0.39, 0.29) is 49.6 Å². The molecule has 2 heterocycles. The molecule has 2 aromatic heterocycles. The summed E-state index contributed by atoms with van der Waals surface area (Å²) in [6.45, 7) is 2.39. The number of nitrogen functional groups attached to an aromatic ring is 1. The molecule has 2 unspecified atom stereocenters. The van der Waals surface area contributed by atoms with Gasteiger partial charge in [0.15, 0.2) is 11.2 Å². The van der Waals surface area contributed by atoms with E-state index in [1.54, 1.807) is 6.92 Å². The number of rotatable bonds is 12. The van der Waals surface area contributed by atoms with Crippen LogP contribution in [0, 0.1) is 0 Å². The number of aromatic amines is 1. The average Bonchev–Trinajstić information content (AvgIpc) is 3.13. The van der Waals surface area contributed by atoms with Crippen LogP contribution in [0.3, 0.4) is 0 Å². The van der Waals surface area contributed by atoms with Gasteiger partial charge >= 0.3 is 7.60 Å². The van der Waals surface area contributed by atoms with Crippen LogP contribution < -0.4 is 11.3 Å². The van der Waals surface area contributed by atoms with Crippen molar-refractivity contribution in [2.45, 2.75) is 32.8 Å². The van der Waals surface area contributed by atoms with Crippen molar-refractivity contribution >= 4 is 24.7 Å². The van der Waals surface area contributed by atoms with Crippen LogP contribution in [-0.2, 0) is 31.9 Å². The molecule has 0 bridgehead atoms. The van der Waals surface area contributed by atoms with Crippen LogP contribution in [0.2, 0.25) is 0 Å². The van der Waals surface area contributed by atoms with Gasteiger partial charge in [0, 0.05) is 0 Å². The molecule has 0 amide bonds. The quantitative estimate of drug-likeness (QED) is 0.350. The Morgan fingerprint density at radius 2 is 2.10 bits per heavy atom. The predicted octanol–water partition coefficient (Wildman–Crippen LogP) is 1.87. The van der Waals surface area contributed by atoms with Gasteiger partial charge in [-0.3, -0.25) is 18.9 Å². The Labute approximate surface area is 178 Å². The number of nitrogens with zero attached hydrogens (tertiary/aromatic N) is 3. The van der Waals surface area contributed by atoms with E-state index in [0.29, 0.717) is 6.61 Å². The molecule has 11 nitrogen and oxygen atoms in total. The first-order valence-electron chi connectivity index (χ1n) is 9.78. The molecule has 0 fully saturated rings. The molecule has 31 heavy (non-hydrogen) atoms. The van der Waals surface area contributed by atoms with Gasteiger partial charge in [-0.15, -0.1) is 0 Å². The minimum Gasteiger partial charge on any atom is -0.374 e. The Morgan fingerprint density at radius 1 is 1.32 bits per heavy atom. The molecule has 0 radical (unpaired) electrons. The summed E-state index contributed by atoms with van der Waals surface area (Å²) >= 11 is 0. The zero-order valence-corrected chi connectivity index (χ0v) is 18.0. The summed E-state index contributed by atoms with van der Waals surface area (Å²) in [4.78, 5) is 32.3. The Morgan fingerprint density at radius 3 is 2.84 bits per heavy atom. The van der Waals surface area contributed by atoms with E-state index in [2.05, 4.69) is 15.0 Å². The fourth-order valence-corrected chi connectivity index (χ4v) is 4.07. The first-order valence-corrected chi connectivity index (χ1v) is 11.5. The van der Waals surface area contributed by atoms with Crippen molar-refractivity contribution in [3.8, 4) is 0 Å². The lowest BCUT2D eigenvalue weighted by atomic mass is 10.2. The molecule has 0 aliphatic heterocycles. The fourth-order valence-electron chi connectivity index (χ4n) is 2.92. The maximum absolute atomic E-state index is 12.1. The monoisotopic (exact) mass is 451 g/mol. The number of ether oxygens (including phenoxy) is 2. The molecular formula is C19H26N5O6P. The lowest BCUT2D eigenvalue weighted by Gasteiger charge is -2.20. The molecule has 12 heteroatoms. The maximum atomic E-state index is 12.1. The molecule has 4 N–H and O–H groups in total. The first-order chi connectivity index (χ1) is 14.9. The zero-order chi connectivity index (χ0) is 22.3. The molecule has 2 atom stereocenters. The standard InChI is InChI=1S/C19H26N5O6P/c1-2-30-31(26,27)9-8-15(11-28-10-14-6-4-3-5-7-14)29-13-24-12-21-16-17(24)22-19(20)23-18(16)25/h3-7,12,15H,2,8-11,13H2,1H3,(H,26,27)(H3,20,22,23,25). The fraction of sp³-hybridized carbons (Fsp3) is 0.421. The van der Waals surface area contributed by atoms with Gasteiger partial charge in [0.25, 0.3) is 5.56 Å². The van der Waals surface area contributed by atoms with E-state index in [9.17, 15) is 14.3 Å². The van der Waals surface area contributed by atoms with Crippen molar-refractivity contribution in [2.24, 2.45) is 0 Å². The lowest BCUT2D eigenvalue weighted by molar-refractivity contribution is -0.0492. The second-order valence-electron chi connectivity index (χ2n) is 6.82. The molecule has 168 valence electrons. The second-order valence-corrected chi connectivity index (χ2v) is 8.80. The van der Waals surface area contributed by atoms with Crippen molar-refractivity contribution in [1.29, 1.82) is 0 Å². The van der Waals surface area contributed by atoms with E-state index >= 15 is 0 Å². The normalized spacial score (nSPS) is 14.5. The Kier molecular flexibility index (Phi) is 7.94. The van der Waals surface area contributed by atoms with Gasteiger partial charge in [0.05, 0.1) is 38.4 Å². The highest BCUT2D eigenvalue weighted by Gasteiger charge is 2.22. The van der Waals surface area contributed by atoms with E-state index in [0.717, 1.165) is 5.56 Å². The molecular weight excluding hydrogens is 425 g/mol. The third-order valence-corrected chi connectivity index (χ3v) is 5.91. The summed E-state index contributed by atoms with van der Waals surface area (Å²) in [6, 6.07) is 9.64. The largest absolute Gasteiger partial charge is 0.374 e. The van der Waals surface area contributed by atoms with E-state index in [4.69, 9.17) is 19.7 Å². The highest BCUT2D eigenvalue weighted by molar-refractivity contribution is 7.52. The third-order valence-electron chi connectivity index (χ3n) is 4.42. The molecule has 0 spiro atoms. The summed E-state index contributed by atoms with van der Waals surface area (Å²) < 4.78 is 30.2. The van der Waals surface area contributed by atoms with E-state index < -0.39 is 19.3 Å². The van der Waals surface area contributed by atoms with Crippen molar-refractivity contribution < 1.29 is 23.5 Å². The number of nitrogens with two attached hydrogens (primary N) is 1. The van der Waals surface area contributed by atoms with E-state index in [1.165, 1.54) is 10.9 Å². The minimum absolute atomic E-state index is 0.0100. The van der Waals surface area contributed by atoms with Gasteiger partial charge in [-0.1, -0.05) is 30.3 Å². The molecule has 0 saturated carbocycles. The highest BCUT2D eigenvalue weighted by Crippen LogP contribution is 2.42. The number of nitrogens with one attached hydrogen (secondary N) is 1. The topological polar surface area (TPSA) is 155 Å². The van der Waals surface area contributed by atoms with Crippen LogP contribution in [0.15, 0.2) is 41.5 Å². The van der Waals surface area contributed by atoms with Crippen LogP contribution in [0.5, 0.6) is 0 Å². The molecule has 0 aliphatic rings. The van der Waals surface area contributed by atoms with Crippen LogP contribution in [0.4, 0.5) is 5.95 Å². The smallest absolute Gasteiger partial charge is 0.328 e. The van der Waals surface area contributed by atoms with Gasteiger partial charge < -0.3 is 24.6 Å². The van der Waals surface area contributed by atoms with Crippen LogP contribution in [0.25, 0.3) is 11.2 Å². The number of aromatic nitrogens is 4. The number of benzene rings is 1. The third kappa shape index (κ3) is 6.71. The second kappa shape index (κ2) is 10.7. The number of hydrogen-bond donors (Lipinski definition) is 3. The van der Waals surface area contributed by atoms with Crippen LogP contribution >= 0.6 is 7.60 Å². The maximum Gasteiger partial charge on any atom is 0.328 e. The number of hydrogen-bond acceptors (Lipinski definition) is 8. The lowest BCUT2D eigenvalue weighted by Crippen LogP contribution is -2.23. The zero-order valence-electron chi connectivity index (χ0n) is 17.1. The van der Waals surface area contributed by atoms with Gasteiger partial charge in [-0.2, -0.15) is 4.98 Å². The highest BCUT2D eigenvalue weighted by atomic mass is 31.2. The molecule has 3 rings (SSSR count). The van der Waals surface area contributed by atoms with Gasteiger partial charge in [0.1, 0.15) is 6.73 Å². The van der Waals surface area contributed by atoms with Gasteiger partial charge in [0.2, 0.25) is 5.95 Å². The summed E-state index contributed by atoms with van der Waals surface area (Å²) in [7, 11) is -3.70. The van der Waals surface area contributed by atoms with E-state index in [1.807, 2.05) is 30.3 Å². The summed E-state index contributed by atoms with van der Waals surface area (Å²) in [5.41, 5.74) is 6.60. The number of fused-ring (bicyclic) bond motifs is 1. The van der Waals surface area contributed by atoms with Crippen molar-refractivity contribution in [3.63, 3.8) is 0 Å². The Balaban J connectivity index is 1.65. The summed E-state index contributed by atoms with van der Waals surface area (Å²) in [5, 5.41) is 0. The van der Waals surface area contributed by atoms with Crippen molar-refractivity contribution in [2.75, 3.05) is 25.1 Å².